The van der Waals surface area contributed by atoms with E-state index in [9.17, 15) is 4.79 Å². The van der Waals surface area contributed by atoms with Gasteiger partial charge in [-0.3, -0.25) is 4.79 Å². The number of nitrogens with one attached hydrogen (secondary N) is 1. The first-order chi connectivity index (χ1) is 6.11. The predicted molar refractivity (Wildman–Crippen MR) is 49.3 cm³/mol. The van der Waals surface area contributed by atoms with Crippen LogP contribution >= 0.6 is 0 Å². The van der Waals surface area contributed by atoms with Gasteiger partial charge in [0.15, 0.2) is 0 Å². The van der Waals surface area contributed by atoms with Crippen LogP contribution in [0.3, 0.4) is 0 Å². The maximum Gasteiger partial charge on any atom is 0.251 e. The Bertz CT molecular complexity index is 331. The van der Waals surface area contributed by atoms with Crippen molar-refractivity contribution >= 4 is 0 Å². The van der Waals surface area contributed by atoms with Crippen LogP contribution in [0.15, 0.2) is 10.9 Å². The highest BCUT2D eigenvalue weighted by atomic mass is 16.3. The summed E-state index contributed by atoms with van der Waals surface area (Å²) < 4.78 is 0. The molecule has 0 spiro atoms. The highest BCUT2D eigenvalue weighted by Crippen LogP contribution is 2.02. The summed E-state index contributed by atoms with van der Waals surface area (Å²) in [7, 11) is 0. The number of hydrogen-bond acceptors (Lipinski definition) is 3. The van der Waals surface area contributed by atoms with Gasteiger partial charge >= 0.3 is 0 Å². The van der Waals surface area contributed by atoms with Crippen molar-refractivity contribution in [3.8, 4) is 0 Å². The van der Waals surface area contributed by atoms with Gasteiger partial charge < -0.3 is 10.1 Å². The molecule has 2 N–H and O–H groups in total. The van der Waals surface area contributed by atoms with E-state index in [1.807, 2.05) is 0 Å². The smallest absolute Gasteiger partial charge is 0.251 e. The molecule has 1 aromatic heterocycles. The summed E-state index contributed by atoms with van der Waals surface area (Å²) in [6.07, 6.45) is 0.761. The number of rotatable bonds is 3. The lowest BCUT2D eigenvalue weighted by atomic mass is 10.1. The van der Waals surface area contributed by atoms with E-state index in [0.717, 1.165) is 12.1 Å². The van der Waals surface area contributed by atoms with Gasteiger partial charge in [-0.25, -0.2) is 4.98 Å². The fourth-order valence-electron chi connectivity index (χ4n) is 1.16. The number of aliphatic hydroxyl groups excluding tert-OH is 1. The molecule has 0 aromatic carbocycles. The van der Waals surface area contributed by atoms with Crippen LogP contribution in [0, 0.1) is 5.92 Å². The average Bonchev–Trinajstić information content (AvgIpc) is 2.01. The summed E-state index contributed by atoms with van der Waals surface area (Å²) in [6.45, 7) is 3.89. The lowest BCUT2D eigenvalue weighted by Crippen LogP contribution is -2.13. The Hall–Kier alpha value is -1.16. The summed E-state index contributed by atoms with van der Waals surface area (Å²) in [5.41, 5.74) is 0.539. The number of aliphatic hydroxyl groups is 1. The van der Waals surface area contributed by atoms with Gasteiger partial charge in [-0.15, -0.1) is 0 Å². The average molecular weight is 182 g/mol. The van der Waals surface area contributed by atoms with Crippen LogP contribution in [0.5, 0.6) is 0 Å². The van der Waals surface area contributed by atoms with Crippen molar-refractivity contribution < 1.29 is 5.11 Å². The van der Waals surface area contributed by atoms with E-state index < -0.39 is 0 Å². The minimum atomic E-state index is -0.221. The van der Waals surface area contributed by atoms with E-state index in [2.05, 4.69) is 23.8 Å². The van der Waals surface area contributed by atoms with Gasteiger partial charge in [-0.2, -0.15) is 0 Å². The van der Waals surface area contributed by atoms with Crippen molar-refractivity contribution in [3.63, 3.8) is 0 Å². The van der Waals surface area contributed by atoms with Crippen LogP contribution in [-0.2, 0) is 13.0 Å². The van der Waals surface area contributed by atoms with Gasteiger partial charge in [-0.05, 0) is 12.3 Å². The molecule has 1 heterocycles. The van der Waals surface area contributed by atoms with E-state index >= 15 is 0 Å². The van der Waals surface area contributed by atoms with Crippen LogP contribution < -0.4 is 5.56 Å². The molecule has 0 unspecified atom stereocenters. The summed E-state index contributed by atoms with van der Waals surface area (Å²) in [4.78, 5) is 17.6. The van der Waals surface area contributed by atoms with Crippen LogP contribution in [-0.4, -0.2) is 15.1 Å². The quantitative estimate of drug-likeness (QED) is 0.713. The van der Waals surface area contributed by atoms with Crippen molar-refractivity contribution in [1.29, 1.82) is 0 Å². The van der Waals surface area contributed by atoms with E-state index in [0.29, 0.717) is 11.7 Å². The van der Waals surface area contributed by atoms with Crippen molar-refractivity contribution in [3.05, 3.63) is 27.9 Å². The normalized spacial score (nSPS) is 10.8. The molecule has 4 nitrogen and oxygen atoms in total. The molecule has 72 valence electrons. The molecular weight excluding hydrogens is 168 g/mol. The third-order valence-electron chi connectivity index (χ3n) is 1.61. The third-order valence-corrected chi connectivity index (χ3v) is 1.61. The number of hydrogen-bond donors (Lipinski definition) is 2. The Kier molecular flexibility index (Phi) is 3.19. The molecule has 0 aliphatic rings. The molecule has 0 atom stereocenters. The number of aromatic nitrogens is 2. The SMILES string of the molecule is CC(C)Cc1cc(=O)[nH]c(CO)n1. The van der Waals surface area contributed by atoms with Gasteiger partial charge in [0.25, 0.3) is 5.56 Å². The maximum absolute atomic E-state index is 11.0. The molecule has 4 heteroatoms. The largest absolute Gasteiger partial charge is 0.388 e. The molecule has 0 bridgehead atoms. The van der Waals surface area contributed by atoms with E-state index in [1.54, 1.807) is 0 Å². The van der Waals surface area contributed by atoms with Gasteiger partial charge in [0, 0.05) is 11.8 Å². The number of aromatic amines is 1. The minimum absolute atomic E-state index is 0.199. The molecule has 0 aliphatic carbocycles. The summed E-state index contributed by atoms with van der Waals surface area (Å²) in [5.74, 6) is 0.795. The Morgan fingerprint density at radius 2 is 2.31 bits per heavy atom. The first-order valence-corrected chi connectivity index (χ1v) is 4.31. The van der Waals surface area contributed by atoms with Crippen molar-refractivity contribution in [2.24, 2.45) is 5.92 Å². The zero-order valence-electron chi connectivity index (χ0n) is 7.87. The van der Waals surface area contributed by atoms with Crippen molar-refractivity contribution in [2.45, 2.75) is 26.9 Å². The topological polar surface area (TPSA) is 66.0 Å². The fourth-order valence-corrected chi connectivity index (χ4v) is 1.16. The van der Waals surface area contributed by atoms with Gasteiger partial charge in [0.2, 0.25) is 0 Å². The van der Waals surface area contributed by atoms with Crippen LogP contribution in [0.4, 0.5) is 0 Å². The Balaban J connectivity index is 2.95. The monoisotopic (exact) mass is 182 g/mol. The second kappa shape index (κ2) is 4.18. The highest BCUT2D eigenvalue weighted by Gasteiger charge is 2.02. The van der Waals surface area contributed by atoms with Crippen LogP contribution in [0.1, 0.15) is 25.4 Å². The molecule has 0 saturated carbocycles. The molecule has 0 amide bonds. The lowest BCUT2D eigenvalue weighted by Gasteiger charge is -2.04. The molecule has 1 aromatic rings. The van der Waals surface area contributed by atoms with E-state index in [-0.39, 0.29) is 12.2 Å². The summed E-state index contributed by atoms with van der Waals surface area (Å²) >= 11 is 0. The first-order valence-electron chi connectivity index (χ1n) is 4.31. The molecule has 0 aliphatic heterocycles. The minimum Gasteiger partial charge on any atom is -0.388 e. The molecule has 13 heavy (non-hydrogen) atoms. The molecule has 0 radical (unpaired) electrons. The Morgan fingerprint density at radius 1 is 1.62 bits per heavy atom. The van der Waals surface area contributed by atoms with Gasteiger partial charge in [0.1, 0.15) is 12.4 Å². The lowest BCUT2D eigenvalue weighted by molar-refractivity contribution is 0.270. The van der Waals surface area contributed by atoms with Crippen molar-refractivity contribution in [1.82, 2.24) is 9.97 Å². The molecular formula is C9H14N2O2. The van der Waals surface area contributed by atoms with E-state index in [4.69, 9.17) is 5.11 Å². The Labute approximate surface area is 76.7 Å². The Morgan fingerprint density at radius 3 is 2.85 bits per heavy atom. The highest BCUT2D eigenvalue weighted by molar-refractivity contribution is 5.02. The summed E-state index contributed by atoms with van der Waals surface area (Å²) in [6, 6.07) is 1.47. The number of H-pyrrole nitrogens is 1. The zero-order valence-corrected chi connectivity index (χ0v) is 7.87. The predicted octanol–water partition coefficient (Wildman–Crippen LogP) is 0.461. The first kappa shape index (κ1) is 9.92. The van der Waals surface area contributed by atoms with Gasteiger partial charge in [-0.1, -0.05) is 13.8 Å². The third kappa shape index (κ3) is 2.99. The maximum atomic E-state index is 11.0. The van der Waals surface area contributed by atoms with Crippen molar-refractivity contribution in [2.75, 3.05) is 0 Å². The molecule has 0 saturated heterocycles. The fraction of sp³-hybridized carbons (Fsp3) is 0.556. The van der Waals surface area contributed by atoms with Gasteiger partial charge in [0.05, 0.1) is 0 Å². The zero-order chi connectivity index (χ0) is 9.84. The van der Waals surface area contributed by atoms with E-state index in [1.165, 1.54) is 6.07 Å². The standard InChI is InChI=1S/C9H14N2O2/c1-6(2)3-7-4-9(13)11-8(5-12)10-7/h4,6,12H,3,5H2,1-2H3,(H,10,11,13). The molecule has 1 rings (SSSR count). The summed E-state index contributed by atoms with van der Waals surface area (Å²) in [5, 5.41) is 8.79. The second-order valence-electron chi connectivity index (χ2n) is 3.44. The number of nitrogens with zero attached hydrogens (tertiary/aromatic N) is 1. The molecule has 0 fully saturated rings. The van der Waals surface area contributed by atoms with Crippen LogP contribution in [0.25, 0.3) is 0 Å². The second-order valence-corrected chi connectivity index (χ2v) is 3.44. The van der Waals surface area contributed by atoms with Crippen LogP contribution in [0.2, 0.25) is 0 Å².